The molecule has 4 atom stereocenters. The molecule has 3 rings (SSSR count). The van der Waals surface area contributed by atoms with Gasteiger partial charge in [-0.1, -0.05) is 30.4 Å². The summed E-state index contributed by atoms with van der Waals surface area (Å²) >= 11 is 1.29. The lowest BCUT2D eigenvalue weighted by Gasteiger charge is -2.20. The lowest BCUT2D eigenvalue weighted by Crippen LogP contribution is -2.39. The number of carbonyl (C=O) groups is 2. The number of aliphatic carboxylic acids is 1. The number of carboxylic acids is 1. The molecule has 2 N–H and O–H groups in total. The summed E-state index contributed by atoms with van der Waals surface area (Å²) in [5, 5.41) is 20.9. The molecule has 8 heteroatoms. The Bertz CT molecular complexity index is 585. The van der Waals surface area contributed by atoms with Gasteiger partial charge in [0.2, 0.25) is 11.0 Å². The fraction of sp³-hybridized carbons (Fsp3) is 0.500. The number of fused-ring (bicyclic) bond motifs is 2. The highest BCUT2D eigenvalue weighted by Crippen LogP contribution is 2.39. The number of hydrogen-bond donors (Lipinski definition) is 2. The molecular weight excluding hydrogens is 282 g/mol. The molecular formula is C12H13N3O4S. The zero-order valence-electron chi connectivity index (χ0n) is 10.6. The maximum absolute atomic E-state index is 12.3. The van der Waals surface area contributed by atoms with E-state index in [0.29, 0.717) is 5.13 Å². The largest absolute Gasteiger partial charge is 0.481 e. The number of nitrogens with zero attached hydrogens (tertiary/aromatic N) is 2. The Hall–Kier alpha value is -1.80. The highest BCUT2D eigenvalue weighted by Gasteiger charge is 2.53. The van der Waals surface area contributed by atoms with Crippen molar-refractivity contribution >= 4 is 28.3 Å². The average molecular weight is 295 g/mol. The van der Waals surface area contributed by atoms with Gasteiger partial charge < -0.3 is 15.2 Å². The van der Waals surface area contributed by atoms with E-state index in [1.54, 1.807) is 12.2 Å². The monoisotopic (exact) mass is 295 g/mol. The number of amides is 1. The smallest absolute Gasteiger partial charge is 0.310 e. The molecule has 1 aromatic heterocycles. The first-order chi connectivity index (χ1) is 9.60. The quantitative estimate of drug-likeness (QED) is 0.793. The zero-order chi connectivity index (χ0) is 14.3. The van der Waals surface area contributed by atoms with E-state index >= 15 is 0 Å². The van der Waals surface area contributed by atoms with E-state index in [-0.39, 0.29) is 5.91 Å². The van der Waals surface area contributed by atoms with E-state index in [9.17, 15) is 14.7 Å². The van der Waals surface area contributed by atoms with Gasteiger partial charge >= 0.3 is 5.97 Å². The molecule has 1 saturated heterocycles. The Balaban J connectivity index is 1.76. The minimum absolute atomic E-state index is 0.381. The Labute approximate surface area is 118 Å². The minimum Gasteiger partial charge on any atom is -0.481 e. The van der Waals surface area contributed by atoms with Crippen molar-refractivity contribution in [1.29, 1.82) is 0 Å². The third-order valence-corrected chi connectivity index (χ3v) is 4.47. The van der Waals surface area contributed by atoms with Crippen LogP contribution in [0.3, 0.4) is 0 Å². The maximum atomic E-state index is 12.3. The van der Waals surface area contributed by atoms with Crippen LogP contribution in [0.25, 0.3) is 0 Å². The lowest BCUT2D eigenvalue weighted by molar-refractivity contribution is -0.145. The lowest BCUT2D eigenvalue weighted by atomic mass is 9.82. The van der Waals surface area contributed by atoms with Gasteiger partial charge in [-0.2, -0.15) is 0 Å². The van der Waals surface area contributed by atoms with Gasteiger partial charge in [-0.25, -0.2) is 0 Å². The number of aromatic nitrogens is 2. The Kier molecular flexibility index (Phi) is 3.27. The van der Waals surface area contributed by atoms with Crippen LogP contribution in [0.15, 0.2) is 12.2 Å². The summed E-state index contributed by atoms with van der Waals surface area (Å²) in [5.74, 6) is -2.97. The van der Waals surface area contributed by atoms with Crippen molar-refractivity contribution < 1.29 is 19.4 Å². The van der Waals surface area contributed by atoms with Gasteiger partial charge in [-0.3, -0.25) is 9.59 Å². The summed E-state index contributed by atoms with van der Waals surface area (Å²) in [5.41, 5.74) is 0. The maximum Gasteiger partial charge on any atom is 0.310 e. The molecule has 7 nitrogen and oxygen atoms in total. The van der Waals surface area contributed by atoms with Crippen LogP contribution in [0.2, 0.25) is 0 Å². The molecule has 0 unspecified atom stereocenters. The number of anilines is 1. The predicted octanol–water partition coefficient (Wildman–Crippen LogP) is 0.693. The molecule has 1 fully saturated rings. The van der Waals surface area contributed by atoms with Crippen molar-refractivity contribution in [1.82, 2.24) is 10.2 Å². The Morgan fingerprint density at radius 3 is 2.65 bits per heavy atom. The fourth-order valence-electron chi connectivity index (χ4n) is 2.55. The second-order valence-corrected chi connectivity index (χ2v) is 5.75. The van der Waals surface area contributed by atoms with Crippen molar-refractivity contribution in [3.63, 3.8) is 0 Å². The predicted molar refractivity (Wildman–Crippen MR) is 70.3 cm³/mol. The van der Waals surface area contributed by atoms with Crippen molar-refractivity contribution in [2.24, 2.45) is 11.8 Å². The highest BCUT2D eigenvalue weighted by atomic mass is 32.1. The second-order valence-electron chi connectivity index (χ2n) is 4.68. The van der Waals surface area contributed by atoms with Crippen molar-refractivity contribution in [3.05, 3.63) is 17.2 Å². The van der Waals surface area contributed by atoms with Crippen molar-refractivity contribution in [2.45, 2.75) is 25.6 Å². The van der Waals surface area contributed by atoms with E-state index in [1.165, 1.54) is 11.3 Å². The first-order valence-corrected chi connectivity index (χ1v) is 7.11. The molecule has 0 saturated carbocycles. The van der Waals surface area contributed by atoms with E-state index < -0.39 is 30.0 Å². The summed E-state index contributed by atoms with van der Waals surface area (Å²) in [6.07, 6.45) is 3.19. The van der Waals surface area contributed by atoms with Crippen LogP contribution in [0.5, 0.6) is 0 Å². The van der Waals surface area contributed by atoms with Crippen LogP contribution in [-0.4, -0.2) is 39.4 Å². The van der Waals surface area contributed by atoms with Gasteiger partial charge in [0.15, 0.2) is 0 Å². The first-order valence-electron chi connectivity index (χ1n) is 6.30. The zero-order valence-corrected chi connectivity index (χ0v) is 11.5. The molecule has 3 heterocycles. The van der Waals surface area contributed by atoms with Crippen molar-refractivity contribution in [3.8, 4) is 0 Å². The molecule has 106 valence electrons. The van der Waals surface area contributed by atoms with Gasteiger partial charge in [0.1, 0.15) is 10.9 Å². The van der Waals surface area contributed by atoms with Crippen LogP contribution >= 0.6 is 11.3 Å². The van der Waals surface area contributed by atoms with Gasteiger partial charge in [-0.05, 0) is 6.42 Å². The van der Waals surface area contributed by atoms with E-state index in [0.717, 1.165) is 11.4 Å². The number of nitrogens with one attached hydrogen (secondary N) is 1. The minimum atomic E-state index is -1.02. The molecule has 0 spiro atoms. The molecule has 2 aliphatic rings. The number of carboxylic acid groups (broad SMARTS) is 1. The van der Waals surface area contributed by atoms with Crippen LogP contribution in [0.4, 0.5) is 5.13 Å². The number of carbonyl (C=O) groups excluding carboxylic acids is 1. The SMILES string of the molecule is CCc1nnc(NC(=O)[C@@H]2[C@@H](C(=O)O)[C@H]3C=C[C@@H]2O3)s1. The van der Waals surface area contributed by atoms with E-state index in [2.05, 4.69) is 15.5 Å². The molecule has 0 aromatic carbocycles. The summed E-state index contributed by atoms with van der Waals surface area (Å²) in [7, 11) is 0. The summed E-state index contributed by atoms with van der Waals surface area (Å²) in [4.78, 5) is 23.6. The van der Waals surface area contributed by atoms with Crippen LogP contribution < -0.4 is 5.32 Å². The molecule has 2 aliphatic heterocycles. The summed E-state index contributed by atoms with van der Waals surface area (Å²) in [6, 6.07) is 0. The van der Waals surface area contributed by atoms with Gasteiger partial charge in [0.05, 0.1) is 18.1 Å². The molecule has 0 aliphatic carbocycles. The summed E-state index contributed by atoms with van der Waals surface area (Å²) < 4.78 is 5.46. The van der Waals surface area contributed by atoms with Gasteiger partial charge in [0.25, 0.3) is 0 Å². The third-order valence-electron chi connectivity index (χ3n) is 3.49. The van der Waals surface area contributed by atoms with Crippen LogP contribution in [-0.2, 0) is 20.7 Å². The molecule has 0 radical (unpaired) electrons. The number of aryl methyl sites for hydroxylation is 1. The number of ether oxygens (including phenoxy) is 1. The Morgan fingerprint density at radius 1 is 1.35 bits per heavy atom. The topological polar surface area (TPSA) is 101 Å². The van der Waals surface area contributed by atoms with Gasteiger partial charge in [0, 0.05) is 0 Å². The third kappa shape index (κ3) is 2.10. The number of rotatable bonds is 4. The number of hydrogen-bond acceptors (Lipinski definition) is 6. The standard InChI is InChI=1S/C12H13N3O4S/c1-2-7-14-15-12(20-7)13-10(16)8-5-3-4-6(19-5)9(8)11(17)18/h3-6,8-9H,2H2,1H3,(H,17,18)(H,13,15,16)/t5-,6+,8-,9-/m0/s1. The second kappa shape index (κ2) is 4.95. The van der Waals surface area contributed by atoms with Crippen LogP contribution in [0.1, 0.15) is 11.9 Å². The summed E-state index contributed by atoms with van der Waals surface area (Å²) in [6.45, 7) is 1.95. The van der Waals surface area contributed by atoms with Crippen molar-refractivity contribution in [2.75, 3.05) is 5.32 Å². The van der Waals surface area contributed by atoms with E-state index in [4.69, 9.17) is 4.74 Å². The average Bonchev–Trinajstić information content (AvgIpc) is 3.12. The van der Waals surface area contributed by atoms with Crippen LogP contribution in [0, 0.1) is 11.8 Å². The van der Waals surface area contributed by atoms with Gasteiger partial charge in [-0.15, -0.1) is 10.2 Å². The molecule has 20 heavy (non-hydrogen) atoms. The molecule has 2 bridgehead atoms. The fourth-order valence-corrected chi connectivity index (χ4v) is 3.23. The molecule has 1 amide bonds. The Morgan fingerprint density at radius 2 is 2.05 bits per heavy atom. The normalized spacial score (nSPS) is 30.6. The first kappa shape index (κ1) is 13.2. The highest BCUT2D eigenvalue weighted by molar-refractivity contribution is 7.15. The molecule has 1 aromatic rings. The van der Waals surface area contributed by atoms with E-state index in [1.807, 2.05) is 6.92 Å².